The third-order valence-electron chi connectivity index (χ3n) is 3.35. The van der Waals surface area contributed by atoms with E-state index in [1.807, 2.05) is 18.3 Å². The lowest BCUT2D eigenvalue weighted by Gasteiger charge is -2.10. The first-order valence-electron chi connectivity index (χ1n) is 7.02. The molecule has 1 N–H and O–H groups in total. The molecule has 2 aromatic carbocycles. The number of aromatic nitrogens is 2. The third kappa shape index (κ3) is 3.60. The number of benzene rings is 2. The van der Waals surface area contributed by atoms with Crippen molar-refractivity contribution in [3.8, 4) is 11.4 Å². The first-order valence-corrected chi connectivity index (χ1v) is 8.19. The van der Waals surface area contributed by atoms with Crippen LogP contribution in [0.5, 0.6) is 5.75 Å². The van der Waals surface area contributed by atoms with Gasteiger partial charge < -0.3 is 10.1 Å². The fourth-order valence-electron chi connectivity index (χ4n) is 2.20. The molecule has 0 bridgehead atoms. The van der Waals surface area contributed by atoms with Gasteiger partial charge in [-0.15, -0.1) is 0 Å². The number of carbonyl (C=O) groups is 1. The van der Waals surface area contributed by atoms with Crippen LogP contribution in [-0.4, -0.2) is 22.8 Å². The molecule has 3 rings (SSSR count). The SMILES string of the molecule is COc1ccc(Cl)cc1C(=O)Nc1ccc(-n2cc(Br)cn2)cc1. The average molecular weight is 407 g/mol. The predicted molar refractivity (Wildman–Crippen MR) is 97.2 cm³/mol. The maximum atomic E-state index is 12.4. The van der Waals surface area contributed by atoms with Gasteiger partial charge >= 0.3 is 0 Å². The van der Waals surface area contributed by atoms with Gasteiger partial charge in [0.25, 0.3) is 5.91 Å². The van der Waals surface area contributed by atoms with Crippen molar-refractivity contribution in [3.63, 3.8) is 0 Å². The Bertz CT molecular complexity index is 878. The molecule has 122 valence electrons. The molecular weight excluding hydrogens is 394 g/mol. The summed E-state index contributed by atoms with van der Waals surface area (Å²) >= 11 is 9.32. The van der Waals surface area contributed by atoms with Crippen LogP contribution in [0.25, 0.3) is 5.69 Å². The van der Waals surface area contributed by atoms with Crippen molar-refractivity contribution >= 4 is 39.1 Å². The Morgan fingerprint density at radius 3 is 2.62 bits per heavy atom. The van der Waals surface area contributed by atoms with Gasteiger partial charge in [0.1, 0.15) is 5.75 Å². The van der Waals surface area contributed by atoms with Gasteiger partial charge in [0.2, 0.25) is 0 Å². The number of methoxy groups -OCH3 is 1. The number of anilines is 1. The monoisotopic (exact) mass is 405 g/mol. The Hall–Kier alpha value is -2.31. The first kappa shape index (κ1) is 16.5. The van der Waals surface area contributed by atoms with Crippen molar-refractivity contribution in [1.29, 1.82) is 0 Å². The molecule has 0 aliphatic heterocycles. The van der Waals surface area contributed by atoms with Crippen LogP contribution in [0.3, 0.4) is 0 Å². The van der Waals surface area contributed by atoms with Crippen molar-refractivity contribution in [1.82, 2.24) is 9.78 Å². The maximum absolute atomic E-state index is 12.4. The molecule has 1 aromatic heterocycles. The van der Waals surface area contributed by atoms with E-state index in [1.54, 1.807) is 41.2 Å². The van der Waals surface area contributed by atoms with Crippen molar-refractivity contribution in [2.45, 2.75) is 0 Å². The minimum Gasteiger partial charge on any atom is -0.496 e. The first-order chi connectivity index (χ1) is 11.6. The molecule has 7 heteroatoms. The molecule has 0 saturated carbocycles. The van der Waals surface area contributed by atoms with Gasteiger partial charge in [-0.25, -0.2) is 4.68 Å². The highest BCUT2D eigenvalue weighted by molar-refractivity contribution is 9.10. The van der Waals surface area contributed by atoms with Crippen LogP contribution in [0.4, 0.5) is 5.69 Å². The van der Waals surface area contributed by atoms with Crippen LogP contribution in [0, 0.1) is 0 Å². The highest BCUT2D eigenvalue weighted by Gasteiger charge is 2.13. The van der Waals surface area contributed by atoms with Gasteiger partial charge in [-0.05, 0) is 58.4 Å². The lowest BCUT2D eigenvalue weighted by molar-refractivity contribution is 0.102. The van der Waals surface area contributed by atoms with E-state index in [-0.39, 0.29) is 5.91 Å². The molecule has 0 fully saturated rings. The van der Waals surface area contributed by atoms with E-state index >= 15 is 0 Å². The normalized spacial score (nSPS) is 10.5. The zero-order chi connectivity index (χ0) is 17.1. The quantitative estimate of drug-likeness (QED) is 0.691. The lowest BCUT2D eigenvalue weighted by Crippen LogP contribution is -2.13. The summed E-state index contributed by atoms with van der Waals surface area (Å²) in [6.07, 6.45) is 3.56. The summed E-state index contributed by atoms with van der Waals surface area (Å²) in [5.41, 5.74) is 1.93. The minimum absolute atomic E-state index is 0.288. The standard InChI is InChI=1S/C17H13BrClN3O2/c1-24-16-7-2-12(19)8-15(16)17(23)21-13-3-5-14(6-4-13)22-10-11(18)9-20-22/h2-10H,1H3,(H,21,23). The second-order valence-corrected chi connectivity index (χ2v) is 6.30. The van der Waals surface area contributed by atoms with Crippen LogP contribution >= 0.6 is 27.5 Å². The zero-order valence-electron chi connectivity index (χ0n) is 12.7. The van der Waals surface area contributed by atoms with E-state index in [9.17, 15) is 4.79 Å². The average Bonchev–Trinajstić information content (AvgIpc) is 3.02. The number of ether oxygens (including phenoxy) is 1. The number of hydrogen-bond donors (Lipinski definition) is 1. The van der Waals surface area contributed by atoms with E-state index in [0.29, 0.717) is 22.0 Å². The van der Waals surface area contributed by atoms with Gasteiger partial charge in [-0.3, -0.25) is 4.79 Å². The van der Waals surface area contributed by atoms with E-state index in [0.717, 1.165) is 10.2 Å². The fraction of sp³-hybridized carbons (Fsp3) is 0.0588. The van der Waals surface area contributed by atoms with E-state index in [4.69, 9.17) is 16.3 Å². The lowest BCUT2D eigenvalue weighted by atomic mass is 10.1. The Balaban J connectivity index is 1.79. The summed E-state index contributed by atoms with van der Waals surface area (Å²) in [6.45, 7) is 0. The van der Waals surface area contributed by atoms with Crippen molar-refractivity contribution in [2.75, 3.05) is 12.4 Å². The molecule has 3 aromatic rings. The van der Waals surface area contributed by atoms with Crippen LogP contribution in [-0.2, 0) is 0 Å². The second-order valence-electron chi connectivity index (χ2n) is 4.95. The Morgan fingerprint density at radius 2 is 2.00 bits per heavy atom. The minimum atomic E-state index is -0.288. The summed E-state index contributed by atoms with van der Waals surface area (Å²) in [5, 5.41) is 7.51. The molecule has 0 saturated heterocycles. The molecule has 5 nitrogen and oxygen atoms in total. The Morgan fingerprint density at radius 1 is 1.25 bits per heavy atom. The Kier molecular flexibility index (Phi) is 4.87. The number of amides is 1. The summed E-state index contributed by atoms with van der Waals surface area (Å²) in [6, 6.07) is 12.3. The third-order valence-corrected chi connectivity index (χ3v) is 3.99. The van der Waals surface area contributed by atoms with Crippen LogP contribution in [0.15, 0.2) is 59.3 Å². The molecule has 1 heterocycles. The highest BCUT2D eigenvalue weighted by Crippen LogP contribution is 2.24. The highest BCUT2D eigenvalue weighted by atomic mass is 79.9. The van der Waals surface area contributed by atoms with Crippen molar-refractivity contribution in [3.05, 3.63) is 69.9 Å². The van der Waals surface area contributed by atoms with Crippen molar-refractivity contribution in [2.24, 2.45) is 0 Å². The molecule has 0 spiro atoms. The molecular formula is C17H13BrClN3O2. The largest absolute Gasteiger partial charge is 0.496 e. The summed E-state index contributed by atoms with van der Waals surface area (Å²) in [7, 11) is 1.51. The molecule has 0 aliphatic rings. The van der Waals surface area contributed by atoms with Gasteiger partial charge in [-0.2, -0.15) is 5.10 Å². The van der Waals surface area contributed by atoms with Gasteiger partial charge in [-0.1, -0.05) is 11.6 Å². The summed E-state index contributed by atoms with van der Waals surface area (Å²) in [4.78, 5) is 12.4. The second kappa shape index (κ2) is 7.07. The van der Waals surface area contributed by atoms with Crippen LogP contribution in [0.2, 0.25) is 5.02 Å². The van der Waals surface area contributed by atoms with Crippen LogP contribution in [0.1, 0.15) is 10.4 Å². The molecule has 24 heavy (non-hydrogen) atoms. The van der Waals surface area contributed by atoms with Crippen molar-refractivity contribution < 1.29 is 9.53 Å². The molecule has 0 atom stereocenters. The summed E-state index contributed by atoms with van der Waals surface area (Å²) in [5.74, 6) is 0.179. The van der Waals surface area contributed by atoms with Crippen LogP contribution < -0.4 is 10.1 Å². The smallest absolute Gasteiger partial charge is 0.259 e. The van der Waals surface area contributed by atoms with E-state index < -0.39 is 0 Å². The van der Waals surface area contributed by atoms with E-state index in [1.165, 1.54) is 7.11 Å². The molecule has 0 radical (unpaired) electrons. The zero-order valence-corrected chi connectivity index (χ0v) is 15.0. The fourth-order valence-corrected chi connectivity index (χ4v) is 2.65. The number of rotatable bonds is 4. The Labute approximate surface area is 152 Å². The number of nitrogens with one attached hydrogen (secondary N) is 1. The summed E-state index contributed by atoms with van der Waals surface area (Å²) < 4.78 is 7.83. The molecule has 0 unspecified atom stereocenters. The number of halogens is 2. The molecule has 0 aliphatic carbocycles. The topological polar surface area (TPSA) is 56.1 Å². The number of carbonyl (C=O) groups excluding carboxylic acids is 1. The van der Waals surface area contributed by atoms with Gasteiger partial charge in [0.05, 0.1) is 29.0 Å². The van der Waals surface area contributed by atoms with Gasteiger partial charge in [0.15, 0.2) is 0 Å². The predicted octanol–water partition coefficient (Wildman–Crippen LogP) is 4.55. The maximum Gasteiger partial charge on any atom is 0.259 e. The van der Waals surface area contributed by atoms with E-state index in [2.05, 4.69) is 26.3 Å². The van der Waals surface area contributed by atoms with Gasteiger partial charge in [0, 0.05) is 16.9 Å². The number of nitrogens with zero attached hydrogens (tertiary/aromatic N) is 2. The number of hydrogen-bond acceptors (Lipinski definition) is 3. The molecule has 1 amide bonds.